The molecule has 1 saturated heterocycles. The minimum atomic E-state index is -0.347. The van der Waals surface area contributed by atoms with E-state index in [9.17, 15) is 10.1 Å². The van der Waals surface area contributed by atoms with Crippen LogP contribution in [0.4, 0.5) is 11.5 Å². The molecule has 1 fully saturated rings. The van der Waals surface area contributed by atoms with E-state index in [1.165, 1.54) is 0 Å². The first-order chi connectivity index (χ1) is 9.00. The molecule has 0 aromatic carbocycles. The van der Waals surface area contributed by atoms with Crippen molar-refractivity contribution in [3.63, 3.8) is 0 Å². The van der Waals surface area contributed by atoms with E-state index in [1.54, 1.807) is 11.6 Å². The van der Waals surface area contributed by atoms with E-state index >= 15 is 0 Å². The Labute approximate surface area is 112 Å². The summed E-state index contributed by atoms with van der Waals surface area (Å²) in [5.41, 5.74) is 0.559. The Balaban J connectivity index is 2.32. The van der Waals surface area contributed by atoms with Gasteiger partial charge in [0, 0.05) is 18.6 Å². The summed E-state index contributed by atoms with van der Waals surface area (Å²) < 4.78 is 1.71. The van der Waals surface area contributed by atoms with E-state index in [0.717, 1.165) is 25.9 Å². The number of nitro groups is 1. The predicted octanol–water partition coefficient (Wildman–Crippen LogP) is 1.84. The summed E-state index contributed by atoms with van der Waals surface area (Å²) in [5.74, 6) is 0.534. The van der Waals surface area contributed by atoms with Crippen LogP contribution in [0.1, 0.15) is 38.4 Å². The molecule has 0 amide bonds. The Bertz CT molecular complexity index is 463. The Morgan fingerprint density at radius 3 is 2.84 bits per heavy atom. The molecule has 7 heteroatoms. The highest BCUT2D eigenvalue weighted by Crippen LogP contribution is 2.31. The Morgan fingerprint density at radius 2 is 2.32 bits per heavy atom. The smallest absolute Gasteiger partial charge is 0.333 e. The van der Waals surface area contributed by atoms with Crippen LogP contribution in [-0.4, -0.2) is 33.8 Å². The molecule has 1 unspecified atom stereocenters. The van der Waals surface area contributed by atoms with E-state index in [1.807, 2.05) is 13.8 Å². The largest absolute Gasteiger partial charge is 0.361 e. The standard InChI is InChI=1S/C12H21N5O2/c1-8(2)16-12(11(17(18)19)9(3)15-16)14-10-5-4-6-13-7-10/h8,10,13-14H,4-7H2,1-3H3. The lowest BCUT2D eigenvalue weighted by atomic mass is 10.1. The molecule has 1 aliphatic rings. The lowest BCUT2D eigenvalue weighted by molar-refractivity contribution is -0.384. The third-order valence-corrected chi connectivity index (χ3v) is 3.36. The summed E-state index contributed by atoms with van der Waals surface area (Å²) in [7, 11) is 0. The average molecular weight is 267 g/mol. The summed E-state index contributed by atoms with van der Waals surface area (Å²) >= 11 is 0. The van der Waals surface area contributed by atoms with Gasteiger partial charge in [-0.1, -0.05) is 0 Å². The fourth-order valence-corrected chi connectivity index (χ4v) is 2.43. The number of rotatable bonds is 4. The average Bonchev–Trinajstić information content (AvgIpc) is 2.67. The first-order valence-corrected chi connectivity index (χ1v) is 6.71. The zero-order valence-corrected chi connectivity index (χ0v) is 11.6. The molecule has 0 spiro atoms. The quantitative estimate of drug-likeness (QED) is 0.642. The third kappa shape index (κ3) is 2.86. The van der Waals surface area contributed by atoms with Gasteiger partial charge in [-0.05, 0) is 40.2 Å². The van der Waals surface area contributed by atoms with Crippen LogP contribution in [-0.2, 0) is 0 Å². The van der Waals surface area contributed by atoms with Gasteiger partial charge < -0.3 is 10.6 Å². The summed E-state index contributed by atoms with van der Waals surface area (Å²) in [5, 5.41) is 22.1. The van der Waals surface area contributed by atoms with E-state index in [0.29, 0.717) is 11.5 Å². The molecule has 1 aromatic rings. The zero-order valence-electron chi connectivity index (χ0n) is 11.6. The number of hydrogen-bond acceptors (Lipinski definition) is 5. The van der Waals surface area contributed by atoms with Crippen molar-refractivity contribution in [2.75, 3.05) is 18.4 Å². The molecule has 0 bridgehead atoms. The summed E-state index contributed by atoms with van der Waals surface area (Å²) in [6, 6.07) is 0.312. The maximum atomic E-state index is 11.2. The fraction of sp³-hybridized carbons (Fsp3) is 0.750. The van der Waals surface area contributed by atoms with Gasteiger partial charge in [-0.25, -0.2) is 4.68 Å². The second-order valence-electron chi connectivity index (χ2n) is 5.27. The SMILES string of the molecule is Cc1nn(C(C)C)c(NC2CCCNC2)c1[N+](=O)[O-]. The number of aryl methyl sites for hydroxylation is 1. The van der Waals surface area contributed by atoms with Crippen molar-refractivity contribution in [3.05, 3.63) is 15.8 Å². The zero-order chi connectivity index (χ0) is 14.0. The summed E-state index contributed by atoms with van der Waals surface area (Å²) in [6.45, 7) is 7.48. The number of aromatic nitrogens is 2. The molecule has 0 radical (unpaired) electrons. The van der Waals surface area contributed by atoms with Crippen LogP contribution in [0.15, 0.2) is 0 Å². The van der Waals surface area contributed by atoms with Crippen molar-refractivity contribution < 1.29 is 4.92 Å². The monoisotopic (exact) mass is 267 g/mol. The second kappa shape index (κ2) is 5.56. The molecular formula is C12H21N5O2. The first kappa shape index (κ1) is 13.8. The highest BCUT2D eigenvalue weighted by molar-refractivity contribution is 5.60. The molecule has 2 heterocycles. The number of anilines is 1. The Morgan fingerprint density at radius 1 is 1.58 bits per heavy atom. The minimum absolute atomic E-state index is 0.0893. The molecule has 0 aliphatic carbocycles. The van der Waals surface area contributed by atoms with Gasteiger partial charge in [0.2, 0.25) is 5.82 Å². The van der Waals surface area contributed by atoms with Gasteiger partial charge in [0.1, 0.15) is 5.69 Å². The molecule has 7 nitrogen and oxygen atoms in total. The van der Waals surface area contributed by atoms with Gasteiger partial charge >= 0.3 is 5.69 Å². The van der Waals surface area contributed by atoms with E-state index in [4.69, 9.17) is 0 Å². The minimum Gasteiger partial charge on any atom is -0.361 e. The van der Waals surface area contributed by atoms with E-state index in [-0.39, 0.29) is 22.7 Å². The lowest BCUT2D eigenvalue weighted by Crippen LogP contribution is -2.39. The van der Waals surface area contributed by atoms with Crippen molar-refractivity contribution >= 4 is 11.5 Å². The summed E-state index contributed by atoms with van der Waals surface area (Å²) in [6.07, 6.45) is 2.10. The topological polar surface area (TPSA) is 85.0 Å². The molecule has 106 valence electrons. The van der Waals surface area contributed by atoms with Gasteiger partial charge in [0.05, 0.1) is 4.92 Å². The van der Waals surface area contributed by atoms with Crippen molar-refractivity contribution in [3.8, 4) is 0 Å². The molecule has 2 N–H and O–H groups in total. The Hall–Kier alpha value is -1.63. The number of nitrogens with zero attached hydrogens (tertiary/aromatic N) is 3. The number of nitrogens with one attached hydrogen (secondary N) is 2. The van der Waals surface area contributed by atoms with Gasteiger partial charge in [0.25, 0.3) is 0 Å². The van der Waals surface area contributed by atoms with Crippen LogP contribution in [0.5, 0.6) is 0 Å². The van der Waals surface area contributed by atoms with E-state index in [2.05, 4.69) is 15.7 Å². The number of piperidine rings is 1. The normalized spacial score (nSPS) is 19.7. The van der Waals surface area contributed by atoms with Gasteiger partial charge in [0.15, 0.2) is 0 Å². The van der Waals surface area contributed by atoms with Crippen molar-refractivity contribution in [1.82, 2.24) is 15.1 Å². The highest BCUT2D eigenvalue weighted by Gasteiger charge is 2.28. The summed E-state index contributed by atoms with van der Waals surface area (Å²) in [4.78, 5) is 10.9. The predicted molar refractivity (Wildman–Crippen MR) is 73.5 cm³/mol. The maximum Gasteiger partial charge on any atom is 0.333 e. The molecule has 1 aromatic heterocycles. The van der Waals surface area contributed by atoms with Crippen molar-refractivity contribution in [1.29, 1.82) is 0 Å². The third-order valence-electron chi connectivity index (χ3n) is 3.36. The fourth-order valence-electron chi connectivity index (χ4n) is 2.43. The maximum absolute atomic E-state index is 11.2. The molecule has 1 atom stereocenters. The van der Waals surface area contributed by atoms with Crippen molar-refractivity contribution in [2.45, 2.75) is 45.7 Å². The van der Waals surface area contributed by atoms with Crippen molar-refractivity contribution in [2.24, 2.45) is 0 Å². The van der Waals surface area contributed by atoms with Crippen LogP contribution in [0.2, 0.25) is 0 Å². The second-order valence-corrected chi connectivity index (χ2v) is 5.27. The van der Waals surface area contributed by atoms with Crippen LogP contribution in [0, 0.1) is 17.0 Å². The van der Waals surface area contributed by atoms with Gasteiger partial charge in [-0.2, -0.15) is 5.10 Å². The molecule has 2 rings (SSSR count). The molecule has 0 saturated carbocycles. The van der Waals surface area contributed by atoms with Gasteiger partial charge in [-0.15, -0.1) is 0 Å². The van der Waals surface area contributed by atoms with Crippen LogP contribution in [0.3, 0.4) is 0 Å². The Kier molecular flexibility index (Phi) is 4.04. The molecule has 19 heavy (non-hydrogen) atoms. The molecule has 1 aliphatic heterocycles. The first-order valence-electron chi connectivity index (χ1n) is 6.71. The van der Waals surface area contributed by atoms with Crippen LogP contribution < -0.4 is 10.6 Å². The number of hydrogen-bond donors (Lipinski definition) is 2. The van der Waals surface area contributed by atoms with Crippen LogP contribution in [0.25, 0.3) is 0 Å². The van der Waals surface area contributed by atoms with Crippen LogP contribution >= 0.6 is 0 Å². The van der Waals surface area contributed by atoms with Gasteiger partial charge in [-0.3, -0.25) is 10.1 Å². The molecular weight excluding hydrogens is 246 g/mol. The highest BCUT2D eigenvalue weighted by atomic mass is 16.6. The lowest BCUT2D eigenvalue weighted by Gasteiger charge is -2.25. The van der Waals surface area contributed by atoms with E-state index < -0.39 is 0 Å².